The average Bonchev–Trinajstić information content (AvgIpc) is 3.07. The smallest absolute Gasteiger partial charge is 0.274 e. The van der Waals surface area contributed by atoms with Crippen LogP contribution in [0.5, 0.6) is 0 Å². The standard InChI is InChI=1S/C15H17N3O2S/c1-11(2)18-8-5-7-13(18)14(20)17-15-16-10-12(21-15)6-3-4-9-19/h5,7-8,10-11,19H,4,9H2,1-2H3,(H,16,17,20). The molecule has 0 bridgehead atoms. The number of nitrogens with one attached hydrogen (secondary N) is 1. The number of aliphatic hydroxyl groups excluding tert-OH is 1. The molecule has 0 atom stereocenters. The molecule has 2 aromatic heterocycles. The predicted octanol–water partition coefficient (Wildman–Crippen LogP) is 2.51. The minimum atomic E-state index is -0.182. The molecule has 0 unspecified atom stereocenters. The SMILES string of the molecule is CC(C)n1cccc1C(=O)Nc1ncc(C#CCCO)s1. The molecule has 21 heavy (non-hydrogen) atoms. The number of carbonyl (C=O) groups is 1. The maximum atomic E-state index is 12.2. The second kappa shape index (κ2) is 7.07. The van der Waals surface area contributed by atoms with Gasteiger partial charge < -0.3 is 9.67 Å². The highest BCUT2D eigenvalue weighted by Gasteiger charge is 2.14. The number of nitrogens with zero attached hydrogens (tertiary/aromatic N) is 2. The first-order valence-electron chi connectivity index (χ1n) is 6.65. The van der Waals surface area contributed by atoms with Crippen molar-refractivity contribution in [1.29, 1.82) is 0 Å². The maximum absolute atomic E-state index is 12.2. The van der Waals surface area contributed by atoms with Crippen LogP contribution in [0.2, 0.25) is 0 Å². The monoisotopic (exact) mass is 303 g/mol. The Kier molecular flexibility index (Phi) is 5.14. The fourth-order valence-corrected chi connectivity index (χ4v) is 2.48. The molecule has 0 aromatic carbocycles. The first kappa shape index (κ1) is 15.3. The van der Waals surface area contributed by atoms with Crippen LogP contribution >= 0.6 is 11.3 Å². The first-order valence-corrected chi connectivity index (χ1v) is 7.47. The van der Waals surface area contributed by atoms with Crippen molar-refractivity contribution in [2.45, 2.75) is 26.3 Å². The fourth-order valence-electron chi connectivity index (χ4n) is 1.79. The van der Waals surface area contributed by atoms with Crippen molar-refractivity contribution in [1.82, 2.24) is 9.55 Å². The molecule has 5 nitrogen and oxygen atoms in total. The Morgan fingerprint density at radius 3 is 3.10 bits per heavy atom. The number of carbonyl (C=O) groups excluding carboxylic acids is 1. The molecule has 0 spiro atoms. The molecule has 6 heteroatoms. The zero-order valence-electron chi connectivity index (χ0n) is 12.0. The van der Waals surface area contributed by atoms with Crippen LogP contribution in [-0.2, 0) is 0 Å². The average molecular weight is 303 g/mol. The van der Waals surface area contributed by atoms with Crippen LogP contribution in [0, 0.1) is 11.8 Å². The zero-order chi connectivity index (χ0) is 15.2. The summed E-state index contributed by atoms with van der Waals surface area (Å²) in [5.41, 5.74) is 0.605. The third kappa shape index (κ3) is 3.94. The summed E-state index contributed by atoms with van der Waals surface area (Å²) in [5.74, 6) is 5.53. The van der Waals surface area contributed by atoms with Gasteiger partial charge in [0.15, 0.2) is 5.13 Å². The van der Waals surface area contributed by atoms with Gasteiger partial charge in [-0.05, 0) is 26.0 Å². The van der Waals surface area contributed by atoms with E-state index in [0.29, 0.717) is 17.2 Å². The number of amides is 1. The van der Waals surface area contributed by atoms with Crippen molar-refractivity contribution < 1.29 is 9.90 Å². The summed E-state index contributed by atoms with van der Waals surface area (Å²) in [4.78, 5) is 17.1. The quantitative estimate of drug-likeness (QED) is 0.853. The van der Waals surface area contributed by atoms with Gasteiger partial charge in [-0.2, -0.15) is 0 Å². The summed E-state index contributed by atoms with van der Waals surface area (Å²) < 4.78 is 1.91. The van der Waals surface area contributed by atoms with Gasteiger partial charge in [0.25, 0.3) is 5.91 Å². The minimum Gasteiger partial charge on any atom is -0.395 e. The van der Waals surface area contributed by atoms with Crippen LogP contribution in [-0.4, -0.2) is 27.2 Å². The largest absolute Gasteiger partial charge is 0.395 e. The normalized spacial score (nSPS) is 10.3. The summed E-state index contributed by atoms with van der Waals surface area (Å²) in [5, 5.41) is 12.0. The highest BCUT2D eigenvalue weighted by atomic mass is 32.1. The summed E-state index contributed by atoms with van der Waals surface area (Å²) in [6.45, 7) is 4.09. The van der Waals surface area contributed by atoms with Gasteiger partial charge in [-0.1, -0.05) is 23.2 Å². The van der Waals surface area contributed by atoms with E-state index in [9.17, 15) is 4.79 Å². The van der Waals surface area contributed by atoms with Gasteiger partial charge in [-0.15, -0.1) is 0 Å². The van der Waals surface area contributed by atoms with E-state index in [4.69, 9.17) is 5.11 Å². The van der Waals surface area contributed by atoms with Crippen molar-refractivity contribution in [3.8, 4) is 11.8 Å². The molecular formula is C15H17N3O2S. The lowest BCUT2D eigenvalue weighted by molar-refractivity contribution is 0.101. The van der Waals surface area contributed by atoms with Gasteiger partial charge in [-0.25, -0.2) is 4.98 Å². The molecule has 0 radical (unpaired) electrons. The van der Waals surface area contributed by atoms with Crippen LogP contribution in [0.4, 0.5) is 5.13 Å². The molecule has 2 aromatic rings. The van der Waals surface area contributed by atoms with Crippen molar-refractivity contribution >= 4 is 22.4 Å². The van der Waals surface area contributed by atoms with E-state index in [1.165, 1.54) is 11.3 Å². The van der Waals surface area contributed by atoms with E-state index < -0.39 is 0 Å². The van der Waals surface area contributed by atoms with Gasteiger partial charge in [0.05, 0.1) is 17.7 Å². The van der Waals surface area contributed by atoms with Crippen LogP contribution in [0.3, 0.4) is 0 Å². The number of hydrogen-bond acceptors (Lipinski definition) is 4. The molecule has 0 aliphatic carbocycles. The fraction of sp³-hybridized carbons (Fsp3) is 0.333. The molecule has 0 saturated carbocycles. The van der Waals surface area contributed by atoms with E-state index in [1.54, 1.807) is 12.3 Å². The second-order valence-electron chi connectivity index (χ2n) is 4.65. The Bertz CT molecular complexity index is 676. The molecule has 2 heterocycles. The summed E-state index contributed by atoms with van der Waals surface area (Å²) in [6.07, 6.45) is 3.93. The number of aromatic nitrogens is 2. The van der Waals surface area contributed by atoms with Gasteiger partial charge in [0, 0.05) is 18.7 Å². The topological polar surface area (TPSA) is 67.2 Å². The Labute approximate surface area is 127 Å². The summed E-state index contributed by atoms with van der Waals surface area (Å²) in [6, 6.07) is 3.85. The lowest BCUT2D eigenvalue weighted by Crippen LogP contribution is -2.17. The third-order valence-electron chi connectivity index (χ3n) is 2.74. The van der Waals surface area contributed by atoms with E-state index >= 15 is 0 Å². The molecule has 0 aliphatic rings. The molecule has 0 fully saturated rings. The van der Waals surface area contributed by atoms with E-state index in [0.717, 1.165) is 4.88 Å². The summed E-state index contributed by atoms with van der Waals surface area (Å²) in [7, 11) is 0. The third-order valence-corrected chi connectivity index (χ3v) is 3.57. The van der Waals surface area contributed by atoms with Gasteiger partial charge >= 0.3 is 0 Å². The Morgan fingerprint density at radius 1 is 1.57 bits per heavy atom. The van der Waals surface area contributed by atoms with Crippen molar-refractivity contribution in [2.24, 2.45) is 0 Å². The number of hydrogen-bond donors (Lipinski definition) is 2. The van der Waals surface area contributed by atoms with E-state index in [1.807, 2.05) is 30.7 Å². The number of rotatable bonds is 4. The van der Waals surface area contributed by atoms with Gasteiger partial charge in [-0.3, -0.25) is 10.1 Å². The molecule has 0 saturated heterocycles. The summed E-state index contributed by atoms with van der Waals surface area (Å²) >= 11 is 1.32. The van der Waals surface area contributed by atoms with E-state index in [-0.39, 0.29) is 18.6 Å². The lowest BCUT2D eigenvalue weighted by Gasteiger charge is -2.11. The number of thiazole rings is 1. The first-order chi connectivity index (χ1) is 10.1. The highest BCUT2D eigenvalue weighted by molar-refractivity contribution is 7.16. The molecule has 2 rings (SSSR count). The van der Waals surface area contributed by atoms with Crippen LogP contribution in [0.25, 0.3) is 0 Å². The Morgan fingerprint density at radius 2 is 2.38 bits per heavy atom. The van der Waals surface area contributed by atoms with E-state index in [2.05, 4.69) is 22.1 Å². The molecule has 2 N–H and O–H groups in total. The molecule has 1 amide bonds. The molecule has 110 valence electrons. The molecule has 0 aliphatic heterocycles. The minimum absolute atomic E-state index is 0.0432. The maximum Gasteiger partial charge on any atom is 0.274 e. The Hall–Kier alpha value is -2.10. The van der Waals surface area contributed by atoms with Crippen LogP contribution < -0.4 is 5.32 Å². The predicted molar refractivity (Wildman–Crippen MR) is 83.5 cm³/mol. The van der Waals surface area contributed by atoms with Crippen molar-refractivity contribution in [3.63, 3.8) is 0 Å². The number of aliphatic hydroxyl groups is 1. The van der Waals surface area contributed by atoms with Crippen LogP contribution in [0.1, 0.15) is 41.7 Å². The Balaban J connectivity index is 2.07. The van der Waals surface area contributed by atoms with Gasteiger partial charge in [0.2, 0.25) is 0 Å². The second-order valence-corrected chi connectivity index (χ2v) is 5.68. The lowest BCUT2D eigenvalue weighted by atomic mass is 10.3. The zero-order valence-corrected chi connectivity index (χ0v) is 12.8. The van der Waals surface area contributed by atoms with Crippen molar-refractivity contribution in [3.05, 3.63) is 35.1 Å². The van der Waals surface area contributed by atoms with Crippen LogP contribution in [0.15, 0.2) is 24.5 Å². The van der Waals surface area contributed by atoms with Crippen molar-refractivity contribution in [2.75, 3.05) is 11.9 Å². The number of anilines is 1. The highest BCUT2D eigenvalue weighted by Crippen LogP contribution is 2.19. The van der Waals surface area contributed by atoms with Gasteiger partial charge in [0.1, 0.15) is 5.69 Å². The molecular weight excluding hydrogens is 286 g/mol.